The molecule has 0 aliphatic carbocycles. The van der Waals surface area contributed by atoms with Gasteiger partial charge in [0.05, 0.1) is 6.61 Å². The quantitative estimate of drug-likeness (QED) is 0.640. The molecule has 2 aromatic carbocycles. The lowest BCUT2D eigenvalue weighted by Gasteiger charge is -2.09. The smallest absolute Gasteiger partial charge is 0.250 e. The molecule has 0 unspecified atom stereocenters. The molecule has 1 amide bonds. The number of hydrogen-bond donors (Lipinski definition) is 2. The zero-order valence-corrected chi connectivity index (χ0v) is 14.5. The van der Waals surface area contributed by atoms with Crippen LogP contribution in [0.15, 0.2) is 54.6 Å². The van der Waals surface area contributed by atoms with Crippen molar-refractivity contribution in [3.05, 3.63) is 65.7 Å². The van der Waals surface area contributed by atoms with Gasteiger partial charge in [-0.25, -0.2) is 0 Å². The molecular weight excluding hydrogens is 320 g/mol. The van der Waals surface area contributed by atoms with Crippen LogP contribution in [0.2, 0.25) is 0 Å². The first kappa shape index (κ1) is 17.7. The maximum absolute atomic E-state index is 11.9. The van der Waals surface area contributed by atoms with Crippen LogP contribution in [0.3, 0.4) is 0 Å². The molecule has 2 N–H and O–H groups in total. The van der Waals surface area contributed by atoms with Crippen LogP contribution in [0.25, 0.3) is 6.08 Å². The summed E-state index contributed by atoms with van der Waals surface area (Å²) in [6, 6.07) is 15.3. The van der Waals surface area contributed by atoms with Crippen molar-refractivity contribution < 1.29 is 9.53 Å². The van der Waals surface area contributed by atoms with Gasteiger partial charge in [0.25, 0.3) is 0 Å². The number of rotatable bonds is 5. The lowest BCUT2D eigenvalue weighted by atomic mass is 10.1. The molecule has 0 aliphatic heterocycles. The predicted octanol–water partition coefficient (Wildman–Crippen LogP) is 3.92. The minimum atomic E-state index is -0.279. The number of hydrogen-bond acceptors (Lipinski definition) is 3. The standard InChI is InChI=1S/C19H20N2O2S/c1-3-23-17-11-9-16(10-12-17)20-19(24)21-18(22)13-8-15-6-4-14(2)5-7-15/h4-13H,3H2,1-2H3,(H2,20,21,22,24). The van der Waals surface area contributed by atoms with E-state index in [1.54, 1.807) is 6.08 Å². The largest absolute Gasteiger partial charge is 0.494 e. The molecule has 2 aromatic rings. The van der Waals surface area contributed by atoms with Gasteiger partial charge in [-0.3, -0.25) is 10.1 Å². The molecule has 0 saturated carbocycles. The van der Waals surface area contributed by atoms with E-state index in [1.807, 2.05) is 62.4 Å². The maximum Gasteiger partial charge on any atom is 0.250 e. The average molecular weight is 340 g/mol. The first-order valence-corrected chi connectivity index (χ1v) is 8.07. The van der Waals surface area contributed by atoms with Crippen LogP contribution in [0.5, 0.6) is 5.75 Å². The fourth-order valence-corrected chi connectivity index (χ4v) is 2.18. The van der Waals surface area contributed by atoms with Crippen LogP contribution in [-0.2, 0) is 4.79 Å². The first-order chi connectivity index (χ1) is 11.6. The van der Waals surface area contributed by atoms with Gasteiger partial charge in [0.15, 0.2) is 5.11 Å². The molecule has 0 atom stereocenters. The molecule has 124 valence electrons. The van der Waals surface area contributed by atoms with E-state index < -0.39 is 0 Å². The van der Waals surface area contributed by atoms with Crippen molar-refractivity contribution in [1.82, 2.24) is 5.32 Å². The Morgan fingerprint density at radius 2 is 1.79 bits per heavy atom. The molecule has 0 bridgehead atoms. The Bertz CT molecular complexity index is 722. The lowest BCUT2D eigenvalue weighted by Crippen LogP contribution is -2.32. The number of thiocarbonyl (C=S) groups is 1. The SMILES string of the molecule is CCOc1ccc(NC(=S)NC(=O)C=Cc2ccc(C)cc2)cc1. The lowest BCUT2D eigenvalue weighted by molar-refractivity contribution is -0.115. The normalized spacial score (nSPS) is 10.4. The van der Waals surface area contributed by atoms with E-state index in [9.17, 15) is 4.79 Å². The molecule has 0 heterocycles. The highest BCUT2D eigenvalue weighted by Crippen LogP contribution is 2.15. The van der Waals surface area contributed by atoms with Gasteiger partial charge in [-0.1, -0.05) is 29.8 Å². The minimum Gasteiger partial charge on any atom is -0.494 e. The van der Waals surface area contributed by atoms with E-state index in [-0.39, 0.29) is 11.0 Å². The number of carbonyl (C=O) groups excluding carboxylic acids is 1. The molecule has 0 fully saturated rings. The summed E-state index contributed by atoms with van der Waals surface area (Å²) in [7, 11) is 0. The van der Waals surface area contributed by atoms with Crippen molar-refractivity contribution in [3.8, 4) is 5.75 Å². The average Bonchev–Trinajstić information content (AvgIpc) is 2.56. The topological polar surface area (TPSA) is 50.4 Å². The summed E-state index contributed by atoms with van der Waals surface area (Å²) in [6.45, 7) is 4.57. The summed E-state index contributed by atoms with van der Waals surface area (Å²) in [5.74, 6) is 0.512. The molecule has 0 aromatic heterocycles. The Morgan fingerprint density at radius 3 is 2.42 bits per heavy atom. The molecule has 0 spiro atoms. The van der Waals surface area contributed by atoms with Gasteiger partial charge in [0.1, 0.15) is 5.75 Å². The third kappa shape index (κ3) is 5.85. The molecule has 0 radical (unpaired) electrons. The van der Waals surface area contributed by atoms with Crippen molar-refractivity contribution >= 4 is 35.0 Å². The number of aryl methyl sites for hydroxylation is 1. The highest BCUT2D eigenvalue weighted by atomic mass is 32.1. The van der Waals surface area contributed by atoms with E-state index >= 15 is 0 Å². The van der Waals surface area contributed by atoms with E-state index in [0.29, 0.717) is 6.61 Å². The number of ether oxygens (including phenoxy) is 1. The zero-order valence-electron chi connectivity index (χ0n) is 13.7. The fraction of sp³-hybridized carbons (Fsp3) is 0.158. The first-order valence-electron chi connectivity index (χ1n) is 7.66. The van der Waals surface area contributed by atoms with Gasteiger partial charge in [-0.15, -0.1) is 0 Å². The van der Waals surface area contributed by atoms with Gasteiger partial charge in [-0.2, -0.15) is 0 Å². The number of anilines is 1. The second-order valence-corrected chi connectivity index (χ2v) is 5.55. The summed E-state index contributed by atoms with van der Waals surface area (Å²) < 4.78 is 5.37. The Kier molecular flexibility index (Phi) is 6.51. The van der Waals surface area contributed by atoms with Crippen molar-refractivity contribution in [3.63, 3.8) is 0 Å². The van der Waals surface area contributed by atoms with Gasteiger partial charge in [-0.05, 0) is 62.0 Å². The third-order valence-electron chi connectivity index (χ3n) is 3.16. The van der Waals surface area contributed by atoms with Gasteiger partial charge < -0.3 is 10.1 Å². The molecular formula is C19H20N2O2S. The van der Waals surface area contributed by atoms with Crippen LogP contribution < -0.4 is 15.4 Å². The Hall–Kier alpha value is -2.66. The van der Waals surface area contributed by atoms with Gasteiger partial charge in [0.2, 0.25) is 5.91 Å². The van der Waals surface area contributed by atoms with E-state index in [2.05, 4.69) is 10.6 Å². The van der Waals surface area contributed by atoms with Crippen molar-refractivity contribution in [2.75, 3.05) is 11.9 Å². The van der Waals surface area contributed by atoms with E-state index in [1.165, 1.54) is 11.6 Å². The summed E-state index contributed by atoms with van der Waals surface area (Å²) in [5.41, 5.74) is 2.92. The Labute approximate surface area is 147 Å². The van der Waals surface area contributed by atoms with E-state index in [4.69, 9.17) is 17.0 Å². The van der Waals surface area contributed by atoms with E-state index in [0.717, 1.165) is 17.0 Å². The summed E-state index contributed by atoms with van der Waals surface area (Å²) in [6.07, 6.45) is 3.20. The van der Waals surface area contributed by atoms with Crippen LogP contribution in [0.1, 0.15) is 18.1 Å². The number of carbonyl (C=O) groups is 1. The third-order valence-corrected chi connectivity index (χ3v) is 3.37. The number of amides is 1. The highest BCUT2D eigenvalue weighted by molar-refractivity contribution is 7.80. The van der Waals surface area contributed by atoms with Crippen molar-refractivity contribution in [2.45, 2.75) is 13.8 Å². The van der Waals surface area contributed by atoms with Crippen LogP contribution in [0, 0.1) is 6.92 Å². The van der Waals surface area contributed by atoms with Crippen molar-refractivity contribution in [1.29, 1.82) is 0 Å². The van der Waals surface area contributed by atoms with Crippen molar-refractivity contribution in [2.24, 2.45) is 0 Å². The number of nitrogens with one attached hydrogen (secondary N) is 2. The molecule has 0 saturated heterocycles. The Balaban J connectivity index is 1.84. The summed E-state index contributed by atoms with van der Waals surface area (Å²) in [5, 5.41) is 5.82. The molecule has 24 heavy (non-hydrogen) atoms. The second kappa shape index (κ2) is 8.84. The molecule has 5 heteroatoms. The summed E-state index contributed by atoms with van der Waals surface area (Å²) in [4.78, 5) is 11.9. The predicted molar refractivity (Wildman–Crippen MR) is 102 cm³/mol. The monoisotopic (exact) mass is 340 g/mol. The summed E-state index contributed by atoms with van der Waals surface area (Å²) >= 11 is 5.14. The van der Waals surface area contributed by atoms with Crippen LogP contribution in [-0.4, -0.2) is 17.6 Å². The zero-order chi connectivity index (χ0) is 17.4. The Morgan fingerprint density at radius 1 is 1.12 bits per heavy atom. The maximum atomic E-state index is 11.9. The fourth-order valence-electron chi connectivity index (χ4n) is 1.97. The van der Waals surface area contributed by atoms with Gasteiger partial charge in [0, 0.05) is 11.8 Å². The molecule has 2 rings (SSSR count). The highest BCUT2D eigenvalue weighted by Gasteiger charge is 2.02. The van der Waals surface area contributed by atoms with Crippen LogP contribution in [0.4, 0.5) is 5.69 Å². The number of benzene rings is 2. The molecule has 0 aliphatic rings. The molecule has 4 nitrogen and oxygen atoms in total. The van der Waals surface area contributed by atoms with Gasteiger partial charge >= 0.3 is 0 Å². The van der Waals surface area contributed by atoms with Crippen LogP contribution >= 0.6 is 12.2 Å². The second-order valence-electron chi connectivity index (χ2n) is 5.14. The minimum absolute atomic E-state index is 0.248.